The molecule has 0 unspecified atom stereocenters. The van der Waals surface area contributed by atoms with Gasteiger partial charge >= 0.3 is 0 Å². The molecule has 1 aromatic rings. The largest absolute Gasteiger partial charge is 0.497 e. The fourth-order valence-corrected chi connectivity index (χ4v) is 4.11. The molecule has 21 heavy (non-hydrogen) atoms. The molecule has 112 valence electrons. The topological polar surface area (TPSA) is 47.6 Å². The van der Waals surface area contributed by atoms with E-state index in [1.54, 1.807) is 26.4 Å². The van der Waals surface area contributed by atoms with Crippen LogP contribution in [0.15, 0.2) is 39.0 Å². The molecule has 1 aliphatic heterocycles. The van der Waals surface area contributed by atoms with Crippen LogP contribution in [0.5, 0.6) is 11.5 Å². The van der Waals surface area contributed by atoms with Gasteiger partial charge in [-0.1, -0.05) is 32.3 Å². The van der Waals surface area contributed by atoms with Crippen LogP contribution in [0.2, 0.25) is 0 Å². The second-order valence-corrected chi connectivity index (χ2v) is 6.62. The molecule has 0 aromatic heterocycles. The second kappa shape index (κ2) is 7.61. The van der Waals surface area contributed by atoms with Gasteiger partial charge in [0.25, 0.3) is 5.91 Å². The van der Waals surface area contributed by atoms with Crippen LogP contribution in [-0.4, -0.2) is 24.1 Å². The highest BCUT2D eigenvalue weighted by Gasteiger charge is 2.13. The molecular weight excluding hydrogens is 405 g/mol. The van der Waals surface area contributed by atoms with E-state index in [1.165, 1.54) is 0 Å². The Kier molecular flexibility index (Phi) is 5.81. The Morgan fingerprint density at radius 3 is 2.81 bits per heavy atom. The average Bonchev–Trinajstić information content (AvgIpc) is 2.52. The lowest BCUT2D eigenvalue weighted by Gasteiger charge is -2.12. The highest BCUT2D eigenvalue weighted by Crippen LogP contribution is 2.25. The number of halogens is 2. The maximum Gasteiger partial charge on any atom is 0.253 e. The minimum absolute atomic E-state index is 0.165. The first-order valence-corrected chi connectivity index (χ1v) is 9.03. The summed E-state index contributed by atoms with van der Waals surface area (Å²) in [5.74, 6) is 1.22. The predicted octanol–water partition coefficient (Wildman–Crippen LogP) is 3.11. The van der Waals surface area contributed by atoms with Crippen molar-refractivity contribution in [2.24, 2.45) is 0 Å². The number of carbonyl (C=O) groups is 1. The number of carbonyl (C=O) groups excluding carboxylic acids is 1. The van der Waals surface area contributed by atoms with Crippen LogP contribution in [0.1, 0.15) is 5.56 Å². The standard InChI is InChI=1S/C15H15ClINO3/c1-20-11-4-3-10(14(7-11)21-2)9-18-15(19)12-8-17-6-5-13(12)16/h3-8H,9H2,1-2H3,(H,18,19). The average molecular weight is 420 g/mol. The van der Waals surface area contributed by atoms with Crippen LogP contribution in [0, 0.1) is 0 Å². The monoisotopic (exact) mass is 419 g/mol. The first kappa shape index (κ1) is 16.0. The first-order chi connectivity index (χ1) is 10.2. The fraction of sp³-hybridized carbons (Fsp3) is 0.200. The van der Waals surface area contributed by atoms with Gasteiger partial charge in [0.2, 0.25) is 0 Å². The van der Waals surface area contributed by atoms with Gasteiger partial charge < -0.3 is 14.8 Å². The molecule has 1 N–H and O–H groups in total. The smallest absolute Gasteiger partial charge is 0.253 e. The maximum absolute atomic E-state index is 12.1. The van der Waals surface area contributed by atoms with Gasteiger partial charge in [-0.05, 0) is 26.3 Å². The summed E-state index contributed by atoms with van der Waals surface area (Å²) in [6, 6.07) is 5.48. The second-order valence-electron chi connectivity index (χ2n) is 4.15. The van der Waals surface area contributed by atoms with Crippen molar-refractivity contribution in [2.45, 2.75) is 6.54 Å². The summed E-state index contributed by atoms with van der Waals surface area (Å²) < 4.78 is 14.4. The van der Waals surface area contributed by atoms with Gasteiger partial charge in [-0.25, -0.2) is 0 Å². The van der Waals surface area contributed by atoms with Crippen LogP contribution in [0.4, 0.5) is 0 Å². The Balaban J connectivity index is 2.08. The third-order valence-electron chi connectivity index (χ3n) is 2.89. The van der Waals surface area contributed by atoms with Crippen LogP contribution in [0.3, 0.4) is 0 Å². The van der Waals surface area contributed by atoms with Crippen molar-refractivity contribution < 1.29 is 14.3 Å². The summed E-state index contributed by atoms with van der Waals surface area (Å²) in [5, 5.41) is 3.35. The Morgan fingerprint density at radius 1 is 1.33 bits per heavy atom. The summed E-state index contributed by atoms with van der Waals surface area (Å²) >= 11 is 5.82. The summed E-state index contributed by atoms with van der Waals surface area (Å²) in [5.41, 5.74) is 1.43. The van der Waals surface area contributed by atoms with Crippen molar-refractivity contribution in [3.8, 4) is 11.5 Å². The molecule has 2 rings (SSSR count). The van der Waals surface area contributed by atoms with Crippen molar-refractivity contribution in [3.05, 3.63) is 44.5 Å². The number of ether oxygens (including phenoxy) is 2. The lowest BCUT2D eigenvalue weighted by atomic mass is 10.1. The molecule has 1 amide bonds. The molecule has 4 nitrogen and oxygen atoms in total. The van der Waals surface area contributed by atoms with Gasteiger partial charge in [0.15, 0.2) is 0 Å². The van der Waals surface area contributed by atoms with E-state index < -0.39 is 0 Å². The van der Waals surface area contributed by atoms with E-state index in [1.807, 2.05) is 20.2 Å². The minimum atomic E-state index is -0.219. The number of methoxy groups -OCH3 is 2. The van der Waals surface area contributed by atoms with E-state index >= 15 is 0 Å². The molecule has 0 spiro atoms. The van der Waals surface area contributed by atoms with E-state index in [4.69, 9.17) is 21.1 Å². The highest BCUT2D eigenvalue weighted by molar-refractivity contribution is 14.2. The van der Waals surface area contributed by atoms with E-state index in [0.717, 1.165) is 5.56 Å². The summed E-state index contributed by atoms with van der Waals surface area (Å²) in [6.45, 7) is 0.371. The van der Waals surface area contributed by atoms with Gasteiger partial charge in [0, 0.05) is 18.2 Å². The molecule has 0 bridgehead atoms. The third-order valence-corrected chi connectivity index (χ3v) is 4.98. The summed E-state index contributed by atoms with van der Waals surface area (Å²) in [4.78, 5) is 12.1. The molecule has 0 aliphatic carbocycles. The Morgan fingerprint density at radius 2 is 2.14 bits per heavy atom. The number of amides is 1. The SMILES string of the molecule is COc1ccc(CNC(=O)C2=C(Cl)C=CI=C2)c(OC)c1. The van der Waals surface area contributed by atoms with Gasteiger partial charge in [-0.2, -0.15) is 0 Å². The third kappa shape index (κ3) is 4.07. The number of hydrogen-bond donors (Lipinski definition) is 1. The van der Waals surface area contributed by atoms with Crippen LogP contribution < -0.4 is 14.8 Å². The van der Waals surface area contributed by atoms with Gasteiger partial charge in [-0.15, -0.1) is 0 Å². The number of allylic oxidation sites excluding steroid dienone is 2. The van der Waals surface area contributed by atoms with E-state index in [9.17, 15) is 4.79 Å². The lowest BCUT2D eigenvalue weighted by Crippen LogP contribution is -2.25. The minimum Gasteiger partial charge on any atom is -0.497 e. The van der Waals surface area contributed by atoms with E-state index in [0.29, 0.717) is 28.6 Å². The Hall–Kier alpha value is -1.34. The van der Waals surface area contributed by atoms with Crippen LogP contribution in [-0.2, 0) is 11.3 Å². The summed E-state index contributed by atoms with van der Waals surface area (Å²) in [7, 11) is 3.18. The zero-order chi connectivity index (χ0) is 15.2. The normalized spacial score (nSPS) is 13.7. The van der Waals surface area contributed by atoms with Crippen molar-refractivity contribution >= 4 is 42.3 Å². The fourth-order valence-electron chi connectivity index (χ4n) is 1.76. The van der Waals surface area contributed by atoms with Crippen LogP contribution in [0.25, 0.3) is 0 Å². The maximum atomic E-state index is 12.1. The van der Waals surface area contributed by atoms with Crippen LogP contribution >= 0.6 is 32.3 Å². The van der Waals surface area contributed by atoms with Crippen molar-refractivity contribution in [1.82, 2.24) is 5.32 Å². The molecule has 1 aromatic carbocycles. The van der Waals surface area contributed by atoms with Crippen molar-refractivity contribution in [1.29, 1.82) is 0 Å². The molecule has 0 radical (unpaired) electrons. The summed E-state index contributed by atoms with van der Waals surface area (Å²) in [6.07, 6.45) is 1.79. The van der Waals surface area contributed by atoms with E-state index in [-0.39, 0.29) is 26.6 Å². The first-order valence-electron chi connectivity index (χ1n) is 6.16. The quantitative estimate of drug-likeness (QED) is 0.746. The van der Waals surface area contributed by atoms with Crippen molar-refractivity contribution in [2.75, 3.05) is 14.2 Å². The molecule has 0 fully saturated rings. The van der Waals surface area contributed by atoms with Crippen molar-refractivity contribution in [3.63, 3.8) is 0 Å². The zero-order valence-corrected chi connectivity index (χ0v) is 14.6. The van der Waals surface area contributed by atoms with Gasteiger partial charge in [0.05, 0.1) is 24.8 Å². The number of rotatable bonds is 5. The van der Waals surface area contributed by atoms with Gasteiger partial charge in [-0.3, -0.25) is 4.79 Å². The Bertz CT molecular complexity index is 638. The molecular formula is C15H15ClINO3. The predicted molar refractivity (Wildman–Crippen MR) is 93.5 cm³/mol. The molecule has 1 heterocycles. The molecule has 0 saturated heterocycles. The number of nitrogens with one attached hydrogen (secondary N) is 1. The number of hydrogen-bond acceptors (Lipinski definition) is 3. The lowest BCUT2D eigenvalue weighted by molar-refractivity contribution is -0.117. The highest BCUT2D eigenvalue weighted by atomic mass is 127. The zero-order valence-electron chi connectivity index (χ0n) is 11.7. The van der Waals surface area contributed by atoms with Gasteiger partial charge in [0.1, 0.15) is 11.5 Å². The Labute approximate surface area is 138 Å². The number of benzene rings is 1. The van der Waals surface area contributed by atoms with E-state index in [2.05, 4.69) is 5.32 Å². The molecule has 0 saturated carbocycles. The molecule has 6 heteroatoms. The molecule has 1 aliphatic rings. The molecule has 0 atom stereocenters.